The van der Waals surface area contributed by atoms with Crippen LogP contribution in [0.5, 0.6) is 0 Å². The number of nitrogens with one attached hydrogen (secondary N) is 2. The smallest absolute Gasteiger partial charge is 0.251 e. The Morgan fingerprint density at radius 2 is 1.54 bits per heavy atom. The average Bonchev–Trinajstić information content (AvgIpc) is 3.22. The predicted molar refractivity (Wildman–Crippen MR) is 107 cm³/mol. The quantitative estimate of drug-likeness (QED) is 0.720. The lowest BCUT2D eigenvalue weighted by atomic mass is 10.1. The molecule has 2 aromatic rings. The maximum Gasteiger partial charge on any atom is 0.251 e. The topological polar surface area (TPSA) is 78.5 Å². The third-order valence-corrected chi connectivity index (χ3v) is 4.82. The maximum atomic E-state index is 12.6. The van der Waals surface area contributed by atoms with E-state index in [4.69, 9.17) is 0 Å². The van der Waals surface area contributed by atoms with E-state index in [1.54, 1.807) is 29.2 Å². The molecule has 3 rings (SSSR count). The Morgan fingerprint density at radius 3 is 2.25 bits per heavy atom. The minimum absolute atomic E-state index is 0.0266. The fourth-order valence-electron chi connectivity index (χ4n) is 3.38. The van der Waals surface area contributed by atoms with Crippen molar-refractivity contribution in [3.05, 3.63) is 71.8 Å². The molecule has 1 atom stereocenters. The summed E-state index contributed by atoms with van der Waals surface area (Å²) in [6.07, 6.45) is 1.80. The first kappa shape index (κ1) is 19.6. The van der Waals surface area contributed by atoms with Gasteiger partial charge in [0.15, 0.2) is 0 Å². The van der Waals surface area contributed by atoms with Gasteiger partial charge in [-0.25, -0.2) is 0 Å². The second kappa shape index (κ2) is 9.69. The summed E-state index contributed by atoms with van der Waals surface area (Å²) < 4.78 is 0. The van der Waals surface area contributed by atoms with Crippen LogP contribution in [0.15, 0.2) is 60.7 Å². The van der Waals surface area contributed by atoms with E-state index < -0.39 is 6.04 Å². The molecule has 0 aromatic heterocycles. The highest BCUT2D eigenvalue weighted by atomic mass is 16.2. The first-order valence-electron chi connectivity index (χ1n) is 9.59. The third-order valence-electron chi connectivity index (χ3n) is 4.82. The van der Waals surface area contributed by atoms with Crippen molar-refractivity contribution in [1.82, 2.24) is 15.5 Å². The second-order valence-electron chi connectivity index (χ2n) is 6.82. The summed E-state index contributed by atoms with van der Waals surface area (Å²) in [6, 6.07) is 18.1. The van der Waals surface area contributed by atoms with E-state index in [2.05, 4.69) is 10.6 Å². The fraction of sp³-hybridized carbons (Fsp3) is 0.318. The highest BCUT2D eigenvalue weighted by Crippen LogP contribution is 2.19. The monoisotopic (exact) mass is 379 g/mol. The van der Waals surface area contributed by atoms with Gasteiger partial charge in [0.25, 0.3) is 5.91 Å². The van der Waals surface area contributed by atoms with Crippen LogP contribution < -0.4 is 10.6 Å². The molecule has 2 aromatic carbocycles. The van der Waals surface area contributed by atoms with Crippen molar-refractivity contribution in [3.8, 4) is 0 Å². The van der Waals surface area contributed by atoms with Gasteiger partial charge in [-0.3, -0.25) is 14.4 Å². The van der Waals surface area contributed by atoms with Crippen molar-refractivity contribution in [2.75, 3.05) is 19.6 Å². The summed E-state index contributed by atoms with van der Waals surface area (Å²) in [4.78, 5) is 38.8. The molecule has 6 nitrogen and oxygen atoms in total. The summed E-state index contributed by atoms with van der Waals surface area (Å²) in [7, 11) is 0. The molecule has 1 aliphatic rings. The van der Waals surface area contributed by atoms with Gasteiger partial charge in [-0.2, -0.15) is 0 Å². The zero-order valence-electron chi connectivity index (χ0n) is 15.8. The van der Waals surface area contributed by atoms with Gasteiger partial charge in [0.05, 0.1) is 6.42 Å². The summed E-state index contributed by atoms with van der Waals surface area (Å²) in [5.41, 5.74) is 1.53. The minimum Gasteiger partial charge on any atom is -0.353 e. The van der Waals surface area contributed by atoms with Gasteiger partial charge in [0.2, 0.25) is 11.8 Å². The molecular weight excluding hydrogens is 354 g/mol. The Labute approximate surface area is 164 Å². The lowest BCUT2D eigenvalue weighted by Crippen LogP contribution is -2.47. The summed E-state index contributed by atoms with van der Waals surface area (Å²) in [5.74, 6) is -0.357. The minimum atomic E-state index is -0.430. The van der Waals surface area contributed by atoms with Gasteiger partial charge in [-0.05, 0) is 30.5 Å². The molecule has 28 heavy (non-hydrogen) atoms. The average molecular weight is 379 g/mol. The van der Waals surface area contributed by atoms with Crippen LogP contribution in [0.2, 0.25) is 0 Å². The van der Waals surface area contributed by atoms with Crippen molar-refractivity contribution in [1.29, 1.82) is 0 Å². The van der Waals surface area contributed by atoms with Crippen LogP contribution in [0, 0.1) is 0 Å². The van der Waals surface area contributed by atoms with Gasteiger partial charge >= 0.3 is 0 Å². The predicted octanol–water partition coefficient (Wildman–Crippen LogP) is 1.77. The van der Waals surface area contributed by atoms with Crippen molar-refractivity contribution in [2.24, 2.45) is 0 Å². The molecular formula is C22H25N3O3. The van der Waals surface area contributed by atoms with Crippen LogP contribution in [-0.4, -0.2) is 48.3 Å². The van der Waals surface area contributed by atoms with E-state index in [1.165, 1.54) is 0 Å². The summed E-state index contributed by atoms with van der Waals surface area (Å²) in [5, 5.41) is 5.61. The van der Waals surface area contributed by atoms with Crippen LogP contribution in [0.25, 0.3) is 0 Å². The standard InChI is InChI=1S/C22H25N3O3/c26-20(16-17-8-3-1-4-9-17)25-15-7-12-19(25)22(28)24-14-13-23-21(27)18-10-5-2-6-11-18/h1-6,8-11,19H,7,12-16H2,(H,23,27)(H,24,28)/t19-/m1/s1. The van der Waals surface area contributed by atoms with Crippen molar-refractivity contribution in [2.45, 2.75) is 25.3 Å². The number of benzene rings is 2. The van der Waals surface area contributed by atoms with E-state index in [0.717, 1.165) is 12.0 Å². The molecule has 0 unspecified atom stereocenters. The van der Waals surface area contributed by atoms with E-state index in [1.807, 2.05) is 36.4 Å². The molecule has 1 fully saturated rings. The number of rotatable bonds is 7. The largest absolute Gasteiger partial charge is 0.353 e. The van der Waals surface area contributed by atoms with Crippen LogP contribution in [0.4, 0.5) is 0 Å². The van der Waals surface area contributed by atoms with Crippen molar-refractivity contribution >= 4 is 17.7 Å². The lowest BCUT2D eigenvalue weighted by molar-refractivity contribution is -0.137. The zero-order chi connectivity index (χ0) is 19.8. The van der Waals surface area contributed by atoms with E-state index >= 15 is 0 Å². The van der Waals surface area contributed by atoms with Crippen LogP contribution in [0.3, 0.4) is 0 Å². The highest BCUT2D eigenvalue weighted by Gasteiger charge is 2.33. The Kier molecular flexibility index (Phi) is 6.78. The number of carbonyl (C=O) groups is 3. The molecule has 1 saturated heterocycles. The Hall–Kier alpha value is -3.15. The van der Waals surface area contributed by atoms with Crippen LogP contribution in [-0.2, 0) is 16.0 Å². The first-order chi connectivity index (χ1) is 13.6. The van der Waals surface area contributed by atoms with Crippen LogP contribution in [0.1, 0.15) is 28.8 Å². The Balaban J connectivity index is 1.44. The SMILES string of the molecule is O=C(NCCNC(=O)[C@H]1CCCN1C(=O)Cc1ccccc1)c1ccccc1. The number of hydrogen-bond acceptors (Lipinski definition) is 3. The molecule has 0 saturated carbocycles. The molecule has 3 amide bonds. The van der Waals surface area contributed by atoms with Gasteiger partial charge in [0.1, 0.15) is 6.04 Å². The number of likely N-dealkylation sites (tertiary alicyclic amines) is 1. The molecule has 0 aliphatic carbocycles. The lowest BCUT2D eigenvalue weighted by Gasteiger charge is -2.24. The number of hydrogen-bond donors (Lipinski definition) is 2. The molecule has 1 heterocycles. The van der Waals surface area contributed by atoms with E-state index in [9.17, 15) is 14.4 Å². The Bertz CT molecular complexity index is 808. The Morgan fingerprint density at radius 1 is 0.893 bits per heavy atom. The van der Waals surface area contributed by atoms with Gasteiger partial charge in [0, 0.05) is 25.2 Å². The molecule has 1 aliphatic heterocycles. The zero-order valence-corrected chi connectivity index (χ0v) is 15.8. The summed E-state index contributed by atoms with van der Waals surface area (Å²) in [6.45, 7) is 1.27. The normalized spacial score (nSPS) is 15.9. The second-order valence-corrected chi connectivity index (χ2v) is 6.82. The van der Waals surface area contributed by atoms with Gasteiger partial charge in [-0.1, -0.05) is 48.5 Å². The highest BCUT2D eigenvalue weighted by molar-refractivity contribution is 5.94. The van der Waals surface area contributed by atoms with Gasteiger partial charge in [-0.15, -0.1) is 0 Å². The van der Waals surface area contributed by atoms with Gasteiger partial charge < -0.3 is 15.5 Å². The molecule has 0 spiro atoms. The molecule has 0 radical (unpaired) electrons. The van der Waals surface area contributed by atoms with E-state index in [-0.39, 0.29) is 17.7 Å². The fourth-order valence-corrected chi connectivity index (χ4v) is 3.38. The van der Waals surface area contributed by atoms with Crippen molar-refractivity contribution in [3.63, 3.8) is 0 Å². The summed E-state index contributed by atoms with van der Waals surface area (Å²) >= 11 is 0. The third kappa shape index (κ3) is 5.19. The number of nitrogens with zero attached hydrogens (tertiary/aromatic N) is 1. The molecule has 0 bridgehead atoms. The number of amides is 3. The molecule has 2 N–H and O–H groups in total. The van der Waals surface area contributed by atoms with E-state index in [0.29, 0.717) is 38.0 Å². The van der Waals surface area contributed by atoms with Crippen molar-refractivity contribution < 1.29 is 14.4 Å². The first-order valence-corrected chi connectivity index (χ1v) is 9.59. The number of carbonyl (C=O) groups excluding carboxylic acids is 3. The maximum absolute atomic E-state index is 12.6. The molecule has 146 valence electrons. The molecule has 6 heteroatoms. The van der Waals surface area contributed by atoms with Crippen LogP contribution >= 0.6 is 0 Å².